The van der Waals surface area contributed by atoms with Gasteiger partial charge in [-0.25, -0.2) is 0 Å². The molecule has 5 nitrogen and oxygen atoms in total. The smallest absolute Gasteiger partial charge is 0.255 e. The SMILES string of the molecule is CCNC(=O)Cc1ccc(NC(=O)c2ccc3[nH]ccc3c2)cc1. The van der Waals surface area contributed by atoms with Gasteiger partial charge in [-0.2, -0.15) is 0 Å². The zero-order chi connectivity index (χ0) is 16.9. The van der Waals surface area contributed by atoms with Gasteiger partial charge >= 0.3 is 0 Å². The van der Waals surface area contributed by atoms with Gasteiger partial charge < -0.3 is 15.6 Å². The maximum absolute atomic E-state index is 12.3. The van der Waals surface area contributed by atoms with Crippen LogP contribution in [-0.2, 0) is 11.2 Å². The second kappa shape index (κ2) is 7.00. The molecule has 0 aliphatic heterocycles. The van der Waals surface area contributed by atoms with Crippen LogP contribution in [-0.4, -0.2) is 23.3 Å². The van der Waals surface area contributed by atoms with Gasteiger partial charge in [-0.15, -0.1) is 0 Å². The summed E-state index contributed by atoms with van der Waals surface area (Å²) in [6.07, 6.45) is 2.19. The van der Waals surface area contributed by atoms with E-state index in [4.69, 9.17) is 0 Å². The number of carbonyl (C=O) groups excluding carboxylic acids is 2. The number of carbonyl (C=O) groups is 2. The topological polar surface area (TPSA) is 74.0 Å². The number of hydrogen-bond acceptors (Lipinski definition) is 2. The number of likely N-dealkylation sites (N-methyl/N-ethyl adjacent to an activating group) is 1. The Morgan fingerprint density at radius 2 is 1.83 bits per heavy atom. The highest BCUT2D eigenvalue weighted by Crippen LogP contribution is 2.16. The summed E-state index contributed by atoms with van der Waals surface area (Å²) in [4.78, 5) is 27.0. The summed E-state index contributed by atoms with van der Waals surface area (Å²) in [6, 6.07) is 14.8. The molecule has 0 aliphatic carbocycles. The molecule has 0 atom stereocenters. The lowest BCUT2D eigenvalue weighted by molar-refractivity contribution is -0.120. The Kier molecular flexibility index (Phi) is 4.61. The molecule has 3 aromatic rings. The van der Waals surface area contributed by atoms with Gasteiger partial charge in [0.1, 0.15) is 0 Å². The molecule has 122 valence electrons. The Balaban J connectivity index is 1.66. The highest BCUT2D eigenvalue weighted by Gasteiger charge is 2.08. The maximum Gasteiger partial charge on any atom is 0.255 e. The summed E-state index contributed by atoms with van der Waals surface area (Å²) < 4.78 is 0. The number of hydrogen-bond donors (Lipinski definition) is 3. The predicted molar refractivity (Wildman–Crippen MR) is 95.1 cm³/mol. The van der Waals surface area contributed by atoms with Crippen LogP contribution in [0.5, 0.6) is 0 Å². The van der Waals surface area contributed by atoms with E-state index in [1.807, 2.05) is 43.5 Å². The molecular weight excluding hydrogens is 302 g/mol. The number of nitrogens with one attached hydrogen (secondary N) is 3. The normalized spacial score (nSPS) is 10.5. The summed E-state index contributed by atoms with van der Waals surface area (Å²) >= 11 is 0. The number of rotatable bonds is 5. The first kappa shape index (κ1) is 15.8. The lowest BCUT2D eigenvalue weighted by Gasteiger charge is -2.07. The van der Waals surface area contributed by atoms with Crippen LogP contribution < -0.4 is 10.6 Å². The van der Waals surface area contributed by atoms with E-state index >= 15 is 0 Å². The quantitative estimate of drug-likeness (QED) is 0.675. The van der Waals surface area contributed by atoms with Crippen LogP contribution in [0, 0.1) is 0 Å². The number of aromatic amines is 1. The molecule has 1 aromatic heterocycles. The molecule has 3 rings (SSSR count). The van der Waals surface area contributed by atoms with E-state index < -0.39 is 0 Å². The molecule has 0 saturated heterocycles. The molecule has 3 N–H and O–H groups in total. The molecule has 0 spiro atoms. The number of anilines is 1. The molecule has 2 amide bonds. The molecule has 0 radical (unpaired) electrons. The minimum atomic E-state index is -0.158. The van der Waals surface area contributed by atoms with Gasteiger partial charge in [-0.1, -0.05) is 12.1 Å². The van der Waals surface area contributed by atoms with Crippen molar-refractivity contribution in [3.63, 3.8) is 0 Å². The van der Waals surface area contributed by atoms with E-state index in [9.17, 15) is 9.59 Å². The first-order valence-corrected chi connectivity index (χ1v) is 7.90. The molecule has 0 unspecified atom stereocenters. The third-order valence-electron chi connectivity index (χ3n) is 3.77. The fourth-order valence-corrected chi connectivity index (χ4v) is 2.55. The van der Waals surface area contributed by atoms with E-state index in [0.29, 0.717) is 24.2 Å². The Morgan fingerprint density at radius 3 is 2.58 bits per heavy atom. The molecule has 0 fully saturated rings. The average Bonchev–Trinajstić information content (AvgIpc) is 3.04. The van der Waals surface area contributed by atoms with Crippen molar-refractivity contribution in [2.45, 2.75) is 13.3 Å². The van der Waals surface area contributed by atoms with Gasteiger partial charge in [0.25, 0.3) is 5.91 Å². The maximum atomic E-state index is 12.3. The van der Waals surface area contributed by atoms with E-state index in [0.717, 1.165) is 16.5 Å². The largest absolute Gasteiger partial charge is 0.361 e. The van der Waals surface area contributed by atoms with E-state index in [1.165, 1.54) is 0 Å². The lowest BCUT2D eigenvalue weighted by Crippen LogP contribution is -2.24. The second-order valence-electron chi connectivity index (χ2n) is 5.56. The van der Waals surface area contributed by atoms with E-state index in [-0.39, 0.29) is 11.8 Å². The van der Waals surface area contributed by atoms with Gasteiger partial charge in [-0.3, -0.25) is 9.59 Å². The summed E-state index contributed by atoms with van der Waals surface area (Å²) in [5.74, 6) is -0.163. The van der Waals surface area contributed by atoms with Crippen LogP contribution in [0.4, 0.5) is 5.69 Å². The van der Waals surface area contributed by atoms with Crippen molar-refractivity contribution in [3.8, 4) is 0 Å². The fourth-order valence-electron chi connectivity index (χ4n) is 2.55. The van der Waals surface area contributed by atoms with Gasteiger partial charge in [0.15, 0.2) is 0 Å². The predicted octanol–water partition coefficient (Wildman–Crippen LogP) is 3.10. The second-order valence-corrected chi connectivity index (χ2v) is 5.56. The number of fused-ring (bicyclic) bond motifs is 1. The molecular formula is C19H19N3O2. The Hall–Kier alpha value is -3.08. The van der Waals surface area contributed by atoms with Crippen LogP contribution in [0.3, 0.4) is 0 Å². The standard InChI is InChI=1S/C19H19N3O2/c1-2-20-18(23)11-13-3-6-16(7-4-13)22-19(24)15-5-8-17-14(12-15)9-10-21-17/h3-10,12,21H,2,11H2,1H3,(H,20,23)(H,22,24). The minimum absolute atomic E-state index is 0.00547. The summed E-state index contributed by atoms with van der Waals surface area (Å²) in [6.45, 7) is 2.51. The molecule has 24 heavy (non-hydrogen) atoms. The molecule has 1 heterocycles. The van der Waals surface area contributed by atoms with E-state index in [1.54, 1.807) is 18.2 Å². The monoisotopic (exact) mass is 321 g/mol. The first-order valence-electron chi connectivity index (χ1n) is 7.90. The van der Waals surface area contributed by atoms with Crippen molar-refractivity contribution >= 4 is 28.4 Å². The highest BCUT2D eigenvalue weighted by atomic mass is 16.2. The van der Waals surface area contributed by atoms with Gasteiger partial charge in [0, 0.05) is 34.9 Å². The number of benzene rings is 2. The first-order chi connectivity index (χ1) is 11.7. The van der Waals surface area contributed by atoms with Crippen LogP contribution in [0.1, 0.15) is 22.8 Å². The summed E-state index contributed by atoms with van der Waals surface area (Å²) in [7, 11) is 0. The van der Waals surface area contributed by atoms with Crippen molar-refractivity contribution in [1.82, 2.24) is 10.3 Å². The van der Waals surface area contributed by atoms with Crippen molar-refractivity contribution in [1.29, 1.82) is 0 Å². The third-order valence-corrected chi connectivity index (χ3v) is 3.77. The van der Waals surface area contributed by atoms with Crippen molar-refractivity contribution < 1.29 is 9.59 Å². The van der Waals surface area contributed by atoms with Crippen LogP contribution in [0.15, 0.2) is 54.7 Å². The fraction of sp³-hybridized carbons (Fsp3) is 0.158. The Labute approximate surface area is 140 Å². The number of aromatic nitrogens is 1. The zero-order valence-electron chi connectivity index (χ0n) is 13.4. The van der Waals surface area contributed by atoms with Gasteiger partial charge in [-0.05, 0) is 48.9 Å². The van der Waals surface area contributed by atoms with Crippen molar-refractivity contribution in [2.75, 3.05) is 11.9 Å². The summed E-state index contributed by atoms with van der Waals surface area (Å²) in [5, 5.41) is 6.63. The third kappa shape index (κ3) is 3.63. The molecule has 5 heteroatoms. The van der Waals surface area contributed by atoms with Gasteiger partial charge in [0.05, 0.1) is 6.42 Å². The Bertz CT molecular complexity index is 866. The highest BCUT2D eigenvalue weighted by molar-refractivity contribution is 6.06. The zero-order valence-corrected chi connectivity index (χ0v) is 13.4. The van der Waals surface area contributed by atoms with Crippen molar-refractivity contribution in [3.05, 3.63) is 65.9 Å². The molecule has 0 saturated carbocycles. The van der Waals surface area contributed by atoms with E-state index in [2.05, 4.69) is 15.6 Å². The van der Waals surface area contributed by atoms with Crippen LogP contribution in [0.2, 0.25) is 0 Å². The van der Waals surface area contributed by atoms with Crippen molar-refractivity contribution in [2.24, 2.45) is 0 Å². The Morgan fingerprint density at radius 1 is 1.04 bits per heavy atom. The molecule has 0 bridgehead atoms. The average molecular weight is 321 g/mol. The van der Waals surface area contributed by atoms with Crippen LogP contribution in [0.25, 0.3) is 10.9 Å². The lowest BCUT2D eigenvalue weighted by atomic mass is 10.1. The molecule has 0 aliphatic rings. The van der Waals surface area contributed by atoms with Crippen LogP contribution >= 0.6 is 0 Å². The summed E-state index contributed by atoms with van der Waals surface area (Å²) in [5.41, 5.74) is 3.22. The molecule has 2 aromatic carbocycles. The number of amides is 2. The van der Waals surface area contributed by atoms with Gasteiger partial charge in [0.2, 0.25) is 5.91 Å². The minimum Gasteiger partial charge on any atom is -0.361 e. The number of H-pyrrole nitrogens is 1.